The van der Waals surface area contributed by atoms with Crippen molar-refractivity contribution in [3.05, 3.63) is 77.1 Å². The third kappa shape index (κ3) is 5.16. The summed E-state index contributed by atoms with van der Waals surface area (Å²) in [7, 11) is 1.64. The largest absolute Gasteiger partial charge is 0.491 e. The highest BCUT2D eigenvalue weighted by atomic mass is 35.5. The first-order valence-electron chi connectivity index (χ1n) is 10.8. The van der Waals surface area contributed by atoms with Crippen LogP contribution in [0, 0.1) is 0 Å². The number of aromatic amines is 1. The molecule has 1 N–H and O–H groups in total. The maximum Gasteiger partial charge on any atom is 0.415 e. The first-order valence-corrected chi connectivity index (χ1v) is 11.2. The fraction of sp³-hybridized carbons (Fsp3) is 0.320. The number of hydrogen-bond donors (Lipinski definition) is 1. The number of rotatable bonds is 9. The third-order valence-corrected chi connectivity index (χ3v) is 5.87. The van der Waals surface area contributed by atoms with Gasteiger partial charge in [-0.3, -0.25) is 4.90 Å². The molecule has 1 aliphatic rings. The molecule has 8 heteroatoms. The summed E-state index contributed by atoms with van der Waals surface area (Å²) in [6.45, 7) is 6.05. The number of halogens is 1. The van der Waals surface area contributed by atoms with E-state index in [1.165, 1.54) is 0 Å². The minimum absolute atomic E-state index is 0.334. The van der Waals surface area contributed by atoms with Crippen LogP contribution in [0.4, 0.5) is 4.79 Å². The van der Waals surface area contributed by atoms with E-state index < -0.39 is 6.09 Å². The molecule has 1 atom stereocenters. The van der Waals surface area contributed by atoms with Crippen molar-refractivity contribution in [3.63, 3.8) is 0 Å². The van der Waals surface area contributed by atoms with Crippen LogP contribution in [0.3, 0.4) is 0 Å². The number of aromatic nitrogens is 1. The molecule has 0 aliphatic carbocycles. The van der Waals surface area contributed by atoms with E-state index in [-0.39, 0.29) is 6.04 Å². The molecular weight excluding hydrogens is 444 g/mol. The maximum absolute atomic E-state index is 12.7. The molecule has 0 saturated carbocycles. The van der Waals surface area contributed by atoms with Gasteiger partial charge in [-0.15, -0.1) is 0 Å². The van der Waals surface area contributed by atoms with Crippen molar-refractivity contribution in [3.8, 4) is 5.75 Å². The Labute approximate surface area is 197 Å². The number of amides is 1. The van der Waals surface area contributed by atoms with Crippen molar-refractivity contribution in [2.24, 2.45) is 0 Å². The van der Waals surface area contributed by atoms with Crippen molar-refractivity contribution in [2.75, 3.05) is 40.1 Å². The minimum atomic E-state index is -0.439. The summed E-state index contributed by atoms with van der Waals surface area (Å²) in [6, 6.07) is 13.2. The Morgan fingerprint density at radius 3 is 2.73 bits per heavy atom. The Kier molecular flexibility index (Phi) is 7.54. The van der Waals surface area contributed by atoms with Crippen molar-refractivity contribution in [1.29, 1.82) is 0 Å². The van der Waals surface area contributed by atoms with Gasteiger partial charge in [0.15, 0.2) is 0 Å². The van der Waals surface area contributed by atoms with Crippen molar-refractivity contribution in [1.82, 2.24) is 9.88 Å². The molecular formula is C25H27ClN2O5. The fourth-order valence-electron chi connectivity index (χ4n) is 4.15. The van der Waals surface area contributed by atoms with Crippen molar-refractivity contribution in [2.45, 2.75) is 12.5 Å². The molecule has 1 aliphatic heterocycles. The van der Waals surface area contributed by atoms with E-state index in [4.69, 9.17) is 30.5 Å². The Bertz CT molecular complexity index is 1110. The van der Waals surface area contributed by atoms with Crippen LogP contribution in [0.25, 0.3) is 10.9 Å². The maximum atomic E-state index is 12.7. The molecule has 2 aromatic carbocycles. The number of benzene rings is 2. The van der Waals surface area contributed by atoms with Crippen LogP contribution >= 0.6 is 11.6 Å². The second-order valence-corrected chi connectivity index (χ2v) is 8.06. The second kappa shape index (κ2) is 10.7. The topological polar surface area (TPSA) is 73.0 Å². The van der Waals surface area contributed by atoms with Gasteiger partial charge in [0.05, 0.1) is 26.1 Å². The Hall–Kier alpha value is -3.00. The lowest BCUT2D eigenvalue weighted by Crippen LogP contribution is -2.40. The van der Waals surface area contributed by atoms with Crippen LogP contribution in [0.5, 0.6) is 5.75 Å². The highest BCUT2D eigenvalue weighted by molar-refractivity contribution is 6.31. The van der Waals surface area contributed by atoms with Crippen LogP contribution in [0.1, 0.15) is 22.9 Å². The van der Waals surface area contributed by atoms with Crippen LogP contribution in [-0.4, -0.2) is 56.1 Å². The Morgan fingerprint density at radius 1 is 1.18 bits per heavy atom. The predicted molar refractivity (Wildman–Crippen MR) is 127 cm³/mol. The molecule has 0 radical (unpaired) electrons. The number of hydrogen-bond acceptors (Lipinski definition) is 5. The number of methoxy groups -OCH3 is 1. The van der Waals surface area contributed by atoms with Gasteiger partial charge < -0.3 is 23.9 Å². The average Bonchev–Trinajstić information content (AvgIpc) is 3.19. The number of fused-ring (bicyclic) bond motifs is 3. The van der Waals surface area contributed by atoms with Crippen LogP contribution in [-0.2, 0) is 20.6 Å². The summed E-state index contributed by atoms with van der Waals surface area (Å²) < 4.78 is 21.3. The number of H-pyrrole nitrogens is 1. The number of nitrogens with one attached hydrogen (secondary N) is 1. The Balaban J connectivity index is 1.58. The van der Waals surface area contributed by atoms with E-state index in [0.29, 0.717) is 44.4 Å². The summed E-state index contributed by atoms with van der Waals surface area (Å²) in [4.78, 5) is 17.9. The summed E-state index contributed by atoms with van der Waals surface area (Å²) in [5.74, 6) is 0.730. The van der Waals surface area contributed by atoms with Gasteiger partial charge in [0.25, 0.3) is 0 Å². The molecule has 0 fully saturated rings. The van der Waals surface area contributed by atoms with Gasteiger partial charge in [0.1, 0.15) is 18.4 Å². The molecule has 3 aromatic rings. The van der Waals surface area contributed by atoms with Crippen molar-refractivity contribution >= 4 is 28.6 Å². The monoisotopic (exact) mass is 470 g/mol. The fourth-order valence-corrected chi connectivity index (χ4v) is 4.32. The predicted octanol–water partition coefficient (Wildman–Crippen LogP) is 5.09. The minimum Gasteiger partial charge on any atom is -0.491 e. The van der Waals surface area contributed by atoms with Gasteiger partial charge in [-0.2, -0.15) is 0 Å². The molecule has 0 saturated heterocycles. The molecule has 174 valence electrons. The molecule has 7 nitrogen and oxygen atoms in total. The van der Waals surface area contributed by atoms with E-state index in [0.717, 1.165) is 39.7 Å². The molecule has 33 heavy (non-hydrogen) atoms. The molecule has 0 bridgehead atoms. The lowest BCUT2D eigenvalue weighted by molar-refractivity contribution is 0.0544. The zero-order valence-corrected chi connectivity index (χ0v) is 19.3. The van der Waals surface area contributed by atoms with Gasteiger partial charge in [-0.1, -0.05) is 30.3 Å². The molecule has 1 unspecified atom stereocenters. The first-order chi connectivity index (χ1) is 16.1. The van der Waals surface area contributed by atoms with E-state index in [9.17, 15) is 4.79 Å². The normalized spacial score (nSPS) is 15.3. The number of carbonyl (C=O) groups is 1. The Morgan fingerprint density at radius 2 is 1.97 bits per heavy atom. The molecule has 4 rings (SSSR count). The average molecular weight is 471 g/mol. The quantitative estimate of drug-likeness (QED) is 0.348. The second-order valence-electron chi connectivity index (χ2n) is 7.63. The van der Waals surface area contributed by atoms with Gasteiger partial charge in [-0.05, 0) is 47.9 Å². The summed E-state index contributed by atoms with van der Waals surface area (Å²) in [5, 5.41) is 1.76. The van der Waals surface area contributed by atoms with Crippen LogP contribution < -0.4 is 4.74 Å². The highest BCUT2D eigenvalue weighted by Crippen LogP contribution is 2.39. The van der Waals surface area contributed by atoms with Gasteiger partial charge in [0.2, 0.25) is 0 Å². The SMILES string of the molecule is C=COC(=O)N1CCc2c([nH]c3ccc(Cl)cc23)C1c1ccc(OCCOCCOC)cc1. The molecule has 1 amide bonds. The zero-order valence-electron chi connectivity index (χ0n) is 18.5. The van der Waals surface area contributed by atoms with Crippen molar-refractivity contribution < 1.29 is 23.7 Å². The number of ether oxygens (including phenoxy) is 4. The number of carbonyl (C=O) groups excluding carboxylic acids is 1. The van der Waals surface area contributed by atoms with Crippen LogP contribution in [0.2, 0.25) is 5.02 Å². The lowest BCUT2D eigenvalue weighted by atomic mass is 9.92. The van der Waals surface area contributed by atoms with E-state index in [1.807, 2.05) is 42.5 Å². The van der Waals surface area contributed by atoms with E-state index in [1.54, 1.807) is 12.0 Å². The summed E-state index contributed by atoms with van der Waals surface area (Å²) in [6.07, 6.45) is 1.42. The van der Waals surface area contributed by atoms with Gasteiger partial charge in [0, 0.05) is 35.3 Å². The molecule has 0 spiro atoms. The lowest BCUT2D eigenvalue weighted by Gasteiger charge is -2.35. The van der Waals surface area contributed by atoms with Gasteiger partial charge in [-0.25, -0.2) is 4.79 Å². The standard InChI is InChI=1S/C25H27ClN2O5/c1-3-32-25(29)28-11-10-20-21-16-18(26)6-9-22(21)27-23(20)24(28)17-4-7-19(8-5-17)33-15-14-31-13-12-30-2/h3-9,16,24,27H,1,10-15H2,2H3. The summed E-state index contributed by atoms with van der Waals surface area (Å²) in [5.41, 5.74) is 4.05. The van der Waals surface area contributed by atoms with E-state index >= 15 is 0 Å². The highest BCUT2D eigenvalue weighted by Gasteiger charge is 2.35. The third-order valence-electron chi connectivity index (χ3n) is 5.63. The van der Waals surface area contributed by atoms with Crippen LogP contribution in [0.15, 0.2) is 55.3 Å². The van der Waals surface area contributed by atoms with Gasteiger partial charge >= 0.3 is 6.09 Å². The molecule has 2 heterocycles. The van der Waals surface area contributed by atoms with E-state index in [2.05, 4.69) is 11.6 Å². The summed E-state index contributed by atoms with van der Waals surface area (Å²) >= 11 is 6.25. The smallest absolute Gasteiger partial charge is 0.415 e. The molecule has 1 aromatic heterocycles. The number of nitrogens with zero attached hydrogens (tertiary/aromatic N) is 1. The first kappa shape index (κ1) is 23.2. The zero-order chi connectivity index (χ0) is 23.2.